The summed E-state index contributed by atoms with van der Waals surface area (Å²) in [5, 5.41) is 10.8. The van der Waals surface area contributed by atoms with Gasteiger partial charge in [-0.05, 0) is 43.5 Å². The van der Waals surface area contributed by atoms with E-state index in [0.29, 0.717) is 6.61 Å². The average molecular weight is 359 g/mol. The van der Waals surface area contributed by atoms with Crippen LogP contribution in [0.3, 0.4) is 0 Å². The molecule has 3 nitrogen and oxygen atoms in total. The minimum atomic E-state index is 0.631. The smallest absolute Gasteiger partial charge is 0.147 e. The molecule has 1 heterocycles. The van der Waals surface area contributed by atoms with Gasteiger partial charge in [-0.2, -0.15) is 0 Å². The predicted octanol–water partition coefficient (Wildman–Crippen LogP) is 6.45. The van der Waals surface area contributed by atoms with E-state index in [2.05, 4.69) is 48.3 Å². The standard InChI is InChI=1S/C21H30N2OS/c1-3-5-7-8-9-11-17-24-19-15-13-18(14-16-19)21-23-22-20(25-21)12-10-6-4-2/h9,11,13-16H,3-8,10,12,17H2,1-2H3/b11-9+. The summed E-state index contributed by atoms with van der Waals surface area (Å²) in [4.78, 5) is 0. The lowest BCUT2D eigenvalue weighted by Gasteiger charge is -2.03. The van der Waals surface area contributed by atoms with Crippen LogP contribution in [0.2, 0.25) is 0 Å². The third-order valence-electron chi connectivity index (χ3n) is 4.05. The molecule has 2 aromatic rings. The summed E-state index contributed by atoms with van der Waals surface area (Å²) in [7, 11) is 0. The van der Waals surface area contributed by atoms with E-state index >= 15 is 0 Å². The molecule has 4 heteroatoms. The van der Waals surface area contributed by atoms with Crippen molar-refractivity contribution in [3.63, 3.8) is 0 Å². The van der Waals surface area contributed by atoms with Crippen LogP contribution in [0, 0.1) is 0 Å². The fourth-order valence-corrected chi connectivity index (χ4v) is 3.42. The number of aromatic nitrogens is 2. The third kappa shape index (κ3) is 7.39. The van der Waals surface area contributed by atoms with Gasteiger partial charge in [0.15, 0.2) is 0 Å². The highest BCUT2D eigenvalue weighted by Crippen LogP contribution is 2.26. The summed E-state index contributed by atoms with van der Waals surface area (Å²) in [6.07, 6.45) is 14.0. The van der Waals surface area contributed by atoms with Gasteiger partial charge in [-0.1, -0.05) is 63.0 Å². The second kappa shape index (κ2) is 11.8. The lowest BCUT2D eigenvalue weighted by Crippen LogP contribution is -1.93. The van der Waals surface area contributed by atoms with Crippen LogP contribution >= 0.6 is 11.3 Å². The normalized spacial score (nSPS) is 11.3. The van der Waals surface area contributed by atoms with E-state index in [1.54, 1.807) is 11.3 Å². The van der Waals surface area contributed by atoms with Crippen LogP contribution in [0.5, 0.6) is 5.75 Å². The summed E-state index contributed by atoms with van der Waals surface area (Å²) in [5.41, 5.74) is 1.11. The van der Waals surface area contributed by atoms with Gasteiger partial charge < -0.3 is 4.74 Å². The summed E-state index contributed by atoms with van der Waals surface area (Å²) < 4.78 is 5.75. The first-order chi connectivity index (χ1) is 12.3. The summed E-state index contributed by atoms with van der Waals surface area (Å²) in [6.45, 7) is 5.08. The van der Waals surface area contributed by atoms with Crippen LogP contribution in [-0.2, 0) is 6.42 Å². The molecule has 0 unspecified atom stereocenters. The fourth-order valence-electron chi connectivity index (χ4n) is 2.53. The zero-order valence-corrected chi connectivity index (χ0v) is 16.4. The van der Waals surface area contributed by atoms with Crippen molar-refractivity contribution in [3.8, 4) is 16.3 Å². The lowest BCUT2D eigenvalue weighted by atomic mass is 10.2. The van der Waals surface area contributed by atoms with Crippen molar-refractivity contribution in [2.45, 2.75) is 65.2 Å². The topological polar surface area (TPSA) is 35.0 Å². The summed E-state index contributed by atoms with van der Waals surface area (Å²) in [6, 6.07) is 8.16. The maximum atomic E-state index is 5.75. The molecule has 0 aliphatic rings. The minimum Gasteiger partial charge on any atom is -0.490 e. The van der Waals surface area contributed by atoms with Crippen molar-refractivity contribution < 1.29 is 4.74 Å². The zero-order chi connectivity index (χ0) is 17.7. The van der Waals surface area contributed by atoms with Crippen LogP contribution in [0.4, 0.5) is 0 Å². The molecule has 0 saturated heterocycles. The Labute approximate surface area is 156 Å². The molecule has 1 aromatic heterocycles. The number of unbranched alkanes of at least 4 members (excludes halogenated alkanes) is 5. The molecule has 0 N–H and O–H groups in total. The molecule has 0 amide bonds. The van der Waals surface area contributed by atoms with Gasteiger partial charge in [-0.15, -0.1) is 10.2 Å². The SMILES string of the molecule is CCCCC/C=C/COc1ccc(-c2nnc(CCCCC)s2)cc1. The van der Waals surface area contributed by atoms with Crippen molar-refractivity contribution in [1.82, 2.24) is 10.2 Å². The van der Waals surface area contributed by atoms with Gasteiger partial charge in [0.25, 0.3) is 0 Å². The van der Waals surface area contributed by atoms with Gasteiger partial charge in [0.1, 0.15) is 22.4 Å². The van der Waals surface area contributed by atoms with E-state index in [-0.39, 0.29) is 0 Å². The van der Waals surface area contributed by atoms with E-state index in [4.69, 9.17) is 4.74 Å². The molecule has 1 aromatic carbocycles. The number of hydrogen-bond acceptors (Lipinski definition) is 4. The number of ether oxygens (including phenoxy) is 1. The van der Waals surface area contributed by atoms with Crippen molar-refractivity contribution in [1.29, 1.82) is 0 Å². The van der Waals surface area contributed by atoms with Gasteiger partial charge in [0.2, 0.25) is 0 Å². The van der Waals surface area contributed by atoms with Crippen LogP contribution < -0.4 is 4.74 Å². The van der Waals surface area contributed by atoms with Crippen molar-refractivity contribution in [2.75, 3.05) is 6.61 Å². The van der Waals surface area contributed by atoms with E-state index < -0.39 is 0 Å². The molecule has 2 rings (SSSR count). The predicted molar refractivity (Wildman–Crippen MR) is 107 cm³/mol. The molecular formula is C21H30N2OS. The molecule has 0 spiro atoms. The lowest BCUT2D eigenvalue weighted by molar-refractivity contribution is 0.362. The first-order valence-electron chi connectivity index (χ1n) is 9.54. The van der Waals surface area contributed by atoms with Gasteiger partial charge in [0, 0.05) is 12.0 Å². The quantitative estimate of drug-likeness (QED) is 0.323. The van der Waals surface area contributed by atoms with Crippen LogP contribution in [0.1, 0.15) is 63.8 Å². The largest absolute Gasteiger partial charge is 0.490 e. The molecule has 0 radical (unpaired) electrons. The Hall–Kier alpha value is -1.68. The first kappa shape index (κ1) is 19.6. The van der Waals surface area contributed by atoms with E-state index in [0.717, 1.165) is 34.2 Å². The molecule has 25 heavy (non-hydrogen) atoms. The Bertz CT molecular complexity index is 619. The molecule has 0 fully saturated rings. The number of aryl methyl sites for hydroxylation is 1. The summed E-state index contributed by atoms with van der Waals surface area (Å²) in [5.74, 6) is 0.898. The number of nitrogens with zero attached hydrogens (tertiary/aromatic N) is 2. The molecule has 0 aliphatic heterocycles. The van der Waals surface area contributed by atoms with E-state index in [1.165, 1.54) is 38.5 Å². The first-order valence-corrected chi connectivity index (χ1v) is 10.4. The Morgan fingerprint density at radius 1 is 0.920 bits per heavy atom. The second-order valence-electron chi connectivity index (χ2n) is 6.26. The third-order valence-corrected chi connectivity index (χ3v) is 5.08. The maximum absolute atomic E-state index is 5.75. The molecule has 0 bridgehead atoms. The number of allylic oxidation sites excluding steroid dienone is 1. The number of rotatable bonds is 12. The molecule has 136 valence electrons. The number of benzene rings is 1. The highest BCUT2D eigenvalue weighted by atomic mass is 32.1. The van der Waals surface area contributed by atoms with Crippen molar-refractivity contribution >= 4 is 11.3 Å². The van der Waals surface area contributed by atoms with E-state index in [1.807, 2.05) is 12.1 Å². The zero-order valence-electron chi connectivity index (χ0n) is 15.5. The highest BCUT2D eigenvalue weighted by Gasteiger charge is 2.06. The maximum Gasteiger partial charge on any atom is 0.147 e. The van der Waals surface area contributed by atoms with Crippen LogP contribution in [-0.4, -0.2) is 16.8 Å². The average Bonchev–Trinajstić information content (AvgIpc) is 3.11. The Morgan fingerprint density at radius 3 is 2.44 bits per heavy atom. The number of hydrogen-bond donors (Lipinski definition) is 0. The van der Waals surface area contributed by atoms with Gasteiger partial charge in [-0.25, -0.2) is 0 Å². The molecule has 0 atom stereocenters. The van der Waals surface area contributed by atoms with Crippen molar-refractivity contribution in [2.24, 2.45) is 0 Å². The van der Waals surface area contributed by atoms with Crippen LogP contribution in [0.25, 0.3) is 10.6 Å². The molecular weight excluding hydrogens is 328 g/mol. The van der Waals surface area contributed by atoms with Crippen molar-refractivity contribution in [3.05, 3.63) is 41.4 Å². The van der Waals surface area contributed by atoms with Crippen LogP contribution in [0.15, 0.2) is 36.4 Å². The molecule has 0 saturated carbocycles. The highest BCUT2D eigenvalue weighted by molar-refractivity contribution is 7.14. The monoisotopic (exact) mass is 358 g/mol. The van der Waals surface area contributed by atoms with E-state index in [9.17, 15) is 0 Å². The Kier molecular flexibility index (Phi) is 9.27. The van der Waals surface area contributed by atoms with Gasteiger partial charge in [0.05, 0.1) is 0 Å². The second-order valence-corrected chi connectivity index (χ2v) is 7.32. The molecule has 0 aliphatic carbocycles. The summed E-state index contributed by atoms with van der Waals surface area (Å²) >= 11 is 1.70. The fraction of sp³-hybridized carbons (Fsp3) is 0.524. The minimum absolute atomic E-state index is 0.631. The Balaban J connectivity index is 1.77. The van der Waals surface area contributed by atoms with Gasteiger partial charge >= 0.3 is 0 Å². The van der Waals surface area contributed by atoms with Gasteiger partial charge in [-0.3, -0.25) is 0 Å². The Morgan fingerprint density at radius 2 is 1.68 bits per heavy atom.